The lowest BCUT2D eigenvalue weighted by molar-refractivity contribution is -0.142. The zero-order valence-corrected chi connectivity index (χ0v) is 18.7. The minimum atomic E-state index is -0.249. The minimum Gasteiger partial charge on any atom is -0.430 e. The van der Waals surface area contributed by atoms with Gasteiger partial charge in [0.15, 0.2) is 5.78 Å². The average Bonchev–Trinajstić information content (AvgIpc) is 3.10. The van der Waals surface area contributed by atoms with Gasteiger partial charge >= 0.3 is 5.97 Å². The summed E-state index contributed by atoms with van der Waals surface area (Å²) < 4.78 is 12.0. The van der Waals surface area contributed by atoms with Gasteiger partial charge in [0.05, 0.1) is 41.2 Å². The number of esters is 1. The fourth-order valence-electron chi connectivity index (χ4n) is 5.16. The van der Waals surface area contributed by atoms with Crippen LogP contribution in [0.25, 0.3) is 16.1 Å². The van der Waals surface area contributed by atoms with Crippen LogP contribution in [0.15, 0.2) is 30.0 Å². The summed E-state index contributed by atoms with van der Waals surface area (Å²) >= 11 is 7.62. The van der Waals surface area contributed by atoms with E-state index in [1.54, 1.807) is 11.3 Å². The second kappa shape index (κ2) is 7.26. The lowest BCUT2D eigenvalue weighted by Crippen LogP contribution is -2.30. The Labute approximate surface area is 189 Å². The van der Waals surface area contributed by atoms with Crippen molar-refractivity contribution in [3.63, 3.8) is 0 Å². The van der Waals surface area contributed by atoms with E-state index in [2.05, 4.69) is 6.92 Å². The molecule has 1 aromatic carbocycles. The van der Waals surface area contributed by atoms with Gasteiger partial charge < -0.3 is 9.47 Å². The van der Waals surface area contributed by atoms with Crippen LogP contribution in [0.5, 0.6) is 0 Å². The molecule has 1 aromatic heterocycles. The summed E-state index contributed by atoms with van der Waals surface area (Å²) in [7, 11) is 0. The second-order valence-electron chi connectivity index (χ2n) is 8.79. The number of fused-ring (bicyclic) bond motifs is 5. The Kier molecular flexibility index (Phi) is 4.60. The molecule has 2 aliphatic carbocycles. The number of carbonyl (C=O) groups is 2. The molecule has 0 N–H and O–H groups in total. The highest BCUT2D eigenvalue weighted by molar-refractivity contribution is 7.15. The van der Waals surface area contributed by atoms with Gasteiger partial charge in [0.1, 0.15) is 10.8 Å². The Morgan fingerprint density at radius 2 is 1.87 bits per heavy atom. The van der Waals surface area contributed by atoms with E-state index in [-0.39, 0.29) is 41.7 Å². The number of ketones is 1. The highest BCUT2D eigenvalue weighted by atomic mass is 35.5. The van der Waals surface area contributed by atoms with Crippen LogP contribution < -0.4 is 0 Å². The summed E-state index contributed by atoms with van der Waals surface area (Å²) in [5.41, 5.74) is 2.15. The third-order valence-electron chi connectivity index (χ3n) is 6.84. The number of nitrogens with zero attached hydrogens (tertiary/aromatic N) is 1. The molecule has 160 valence electrons. The first-order valence-corrected chi connectivity index (χ1v) is 12.2. The van der Waals surface area contributed by atoms with Gasteiger partial charge in [-0.1, -0.05) is 30.7 Å². The molecule has 7 heteroatoms. The van der Waals surface area contributed by atoms with E-state index >= 15 is 0 Å². The number of allylic oxidation sites excluding steroid dienone is 1. The van der Waals surface area contributed by atoms with E-state index in [1.807, 2.05) is 24.3 Å². The highest BCUT2D eigenvalue weighted by Crippen LogP contribution is 2.55. The van der Waals surface area contributed by atoms with Gasteiger partial charge in [-0.05, 0) is 44.2 Å². The Morgan fingerprint density at radius 1 is 1.16 bits per heavy atom. The molecule has 6 rings (SSSR count). The zero-order chi connectivity index (χ0) is 21.3. The van der Waals surface area contributed by atoms with Crippen molar-refractivity contribution in [2.24, 2.45) is 17.8 Å². The van der Waals surface area contributed by atoms with Gasteiger partial charge in [-0.3, -0.25) is 9.59 Å². The lowest BCUT2D eigenvalue weighted by atomic mass is 9.80. The Hall–Kier alpha value is -2.02. The Morgan fingerprint density at radius 3 is 2.55 bits per heavy atom. The van der Waals surface area contributed by atoms with Gasteiger partial charge in [-0.15, -0.1) is 11.3 Å². The maximum atomic E-state index is 13.6. The lowest BCUT2D eigenvalue weighted by Gasteiger charge is -2.21. The molecule has 31 heavy (non-hydrogen) atoms. The summed E-state index contributed by atoms with van der Waals surface area (Å²) in [6.45, 7) is 2.06. The summed E-state index contributed by atoms with van der Waals surface area (Å²) in [4.78, 5) is 32.2. The average molecular weight is 456 g/mol. The molecule has 0 amide bonds. The summed E-state index contributed by atoms with van der Waals surface area (Å²) in [6, 6.07) is 7.55. The summed E-state index contributed by atoms with van der Waals surface area (Å²) in [5, 5.41) is 1.51. The first-order valence-electron chi connectivity index (χ1n) is 11.0. The van der Waals surface area contributed by atoms with E-state index in [1.165, 1.54) is 0 Å². The number of carbonyl (C=O) groups excluding carboxylic acids is 2. The van der Waals surface area contributed by atoms with Gasteiger partial charge in [0.2, 0.25) is 0 Å². The molecular weight excluding hydrogens is 434 g/mol. The third kappa shape index (κ3) is 3.11. The molecule has 2 bridgehead atoms. The number of aromatic nitrogens is 1. The van der Waals surface area contributed by atoms with E-state index < -0.39 is 0 Å². The number of hydrogen-bond donors (Lipinski definition) is 0. The molecule has 2 saturated heterocycles. The van der Waals surface area contributed by atoms with Crippen molar-refractivity contribution < 1.29 is 19.1 Å². The highest BCUT2D eigenvalue weighted by Gasteiger charge is 2.60. The van der Waals surface area contributed by atoms with Crippen LogP contribution in [0, 0.1) is 17.8 Å². The first-order chi connectivity index (χ1) is 15.0. The number of benzene rings is 1. The summed E-state index contributed by atoms with van der Waals surface area (Å²) in [6.07, 6.45) is 4.16. The monoisotopic (exact) mass is 455 g/mol. The molecule has 0 spiro atoms. The van der Waals surface area contributed by atoms with Gasteiger partial charge in [-0.25, -0.2) is 4.98 Å². The maximum Gasteiger partial charge on any atom is 0.314 e. The minimum absolute atomic E-state index is 0.0263. The number of ether oxygens (including phenoxy) is 2. The topological polar surface area (TPSA) is 65.5 Å². The fraction of sp³-hybridized carbons (Fsp3) is 0.458. The SMILES string of the molecule is CCc1sc(-c2ccc(Cl)cc2)nc1C1=C(OC(=O)C2CC2)C2C3CCC(O3)C2C1=O. The van der Waals surface area contributed by atoms with Gasteiger partial charge in [-0.2, -0.15) is 0 Å². The van der Waals surface area contributed by atoms with Gasteiger partial charge in [0.25, 0.3) is 0 Å². The number of hydrogen-bond acceptors (Lipinski definition) is 6. The van der Waals surface area contributed by atoms with Crippen molar-refractivity contribution >= 4 is 40.3 Å². The predicted octanol–water partition coefficient (Wildman–Crippen LogP) is 5.07. The second-order valence-corrected chi connectivity index (χ2v) is 10.3. The summed E-state index contributed by atoms with van der Waals surface area (Å²) in [5.74, 6) is -0.112. The van der Waals surface area contributed by atoms with Crippen LogP contribution in [0.1, 0.15) is 43.2 Å². The third-order valence-corrected chi connectivity index (χ3v) is 8.34. The maximum absolute atomic E-state index is 13.6. The van der Waals surface area contributed by atoms with Crippen LogP contribution in [0.4, 0.5) is 0 Å². The number of Topliss-reactive ketones (excluding diaryl/α,β-unsaturated/α-hetero) is 1. The van der Waals surface area contributed by atoms with Crippen LogP contribution >= 0.6 is 22.9 Å². The zero-order valence-electron chi connectivity index (χ0n) is 17.1. The van der Waals surface area contributed by atoms with E-state index in [0.717, 1.165) is 47.6 Å². The smallest absolute Gasteiger partial charge is 0.314 e. The predicted molar refractivity (Wildman–Crippen MR) is 118 cm³/mol. The number of halogens is 1. The molecule has 2 aliphatic heterocycles. The molecule has 4 atom stereocenters. The number of aryl methyl sites for hydroxylation is 1. The van der Waals surface area contributed by atoms with Crippen LogP contribution in [-0.2, 0) is 25.5 Å². The van der Waals surface area contributed by atoms with E-state index in [0.29, 0.717) is 22.0 Å². The largest absolute Gasteiger partial charge is 0.430 e. The quantitative estimate of drug-likeness (QED) is 0.589. The molecule has 2 aromatic rings. The molecule has 3 fully saturated rings. The number of rotatable bonds is 5. The standard InChI is InChI=1S/C24H22ClNO4S/c1-2-16-20(26-23(31-16)11-5-7-13(25)8-6-11)19-21(27)17-14-9-10-15(29-14)18(17)22(19)30-24(28)12-3-4-12/h5-8,12,14-15,17-18H,2-4,9-10H2,1H3. The molecular formula is C24H22ClNO4S. The van der Waals surface area contributed by atoms with Crippen LogP contribution in [0.2, 0.25) is 5.02 Å². The molecule has 4 aliphatic rings. The van der Waals surface area contributed by atoms with Crippen molar-refractivity contribution in [1.82, 2.24) is 4.98 Å². The van der Waals surface area contributed by atoms with Crippen LogP contribution in [-0.4, -0.2) is 28.9 Å². The molecule has 1 saturated carbocycles. The Balaban J connectivity index is 1.47. The van der Waals surface area contributed by atoms with Crippen molar-refractivity contribution in [3.05, 3.63) is 45.6 Å². The first kappa shape index (κ1) is 19.6. The van der Waals surface area contributed by atoms with Crippen molar-refractivity contribution in [2.45, 2.75) is 51.2 Å². The van der Waals surface area contributed by atoms with Crippen LogP contribution in [0.3, 0.4) is 0 Å². The van der Waals surface area contributed by atoms with E-state index in [4.69, 9.17) is 26.1 Å². The van der Waals surface area contributed by atoms with Crippen molar-refractivity contribution in [1.29, 1.82) is 0 Å². The fourth-order valence-corrected chi connectivity index (χ4v) is 6.30. The van der Waals surface area contributed by atoms with Gasteiger partial charge in [0, 0.05) is 15.5 Å². The number of thiazole rings is 1. The molecule has 5 nitrogen and oxygen atoms in total. The molecule has 3 heterocycles. The molecule has 4 unspecified atom stereocenters. The normalized spacial score (nSPS) is 29.0. The van der Waals surface area contributed by atoms with Crippen molar-refractivity contribution in [2.75, 3.05) is 0 Å². The van der Waals surface area contributed by atoms with Crippen molar-refractivity contribution in [3.8, 4) is 10.6 Å². The Bertz CT molecular complexity index is 1120. The van der Waals surface area contributed by atoms with E-state index in [9.17, 15) is 9.59 Å². The molecule has 0 radical (unpaired) electrons.